The number of benzene rings is 2. The van der Waals surface area contributed by atoms with E-state index >= 15 is 0 Å². The largest absolute Gasteiger partial charge is 0.493 e. The maximum Gasteiger partial charge on any atom is 0.352 e. The molecular weight excluding hydrogens is 422 g/mol. The highest BCUT2D eigenvalue weighted by molar-refractivity contribution is 7.22. The molecule has 7 heteroatoms. The average Bonchev–Trinajstić information content (AvgIpc) is 3.45. The van der Waals surface area contributed by atoms with Crippen molar-refractivity contribution in [3.63, 3.8) is 0 Å². The van der Waals surface area contributed by atoms with Crippen LogP contribution < -0.4 is 14.0 Å². The number of carbonyl (C=O) groups is 1. The number of fused-ring (bicyclic) bond motifs is 1. The van der Waals surface area contributed by atoms with Crippen LogP contribution in [0.1, 0.15) is 37.0 Å². The van der Waals surface area contributed by atoms with Gasteiger partial charge in [0.2, 0.25) is 0 Å². The number of nitrogens with zero attached hydrogens (tertiary/aromatic N) is 3. The molecule has 1 aliphatic heterocycles. The summed E-state index contributed by atoms with van der Waals surface area (Å²) in [5.41, 5.74) is 1.53. The third-order valence-electron chi connectivity index (χ3n) is 6.45. The van der Waals surface area contributed by atoms with Crippen LogP contribution in [0.4, 0.5) is 5.13 Å². The van der Waals surface area contributed by atoms with Crippen molar-refractivity contribution in [2.24, 2.45) is 0 Å². The Morgan fingerprint density at radius 3 is 2.62 bits per heavy atom. The highest BCUT2D eigenvalue weighted by atomic mass is 32.1. The molecule has 1 saturated heterocycles. The molecular formula is C25H32N3O3S+. The maximum absolute atomic E-state index is 14.1. The minimum atomic E-state index is 0.0145. The summed E-state index contributed by atoms with van der Waals surface area (Å²) in [7, 11) is 5.20. The van der Waals surface area contributed by atoms with Crippen molar-refractivity contribution in [1.82, 2.24) is 14.4 Å². The number of aromatic nitrogens is 1. The van der Waals surface area contributed by atoms with Crippen LogP contribution in [0.2, 0.25) is 0 Å². The van der Waals surface area contributed by atoms with Gasteiger partial charge in [-0.2, -0.15) is 9.47 Å². The highest BCUT2D eigenvalue weighted by Crippen LogP contribution is 2.37. The van der Waals surface area contributed by atoms with Crippen molar-refractivity contribution in [3.05, 3.63) is 48.0 Å². The summed E-state index contributed by atoms with van der Waals surface area (Å²) in [6.07, 6.45) is 2.25. The van der Waals surface area contributed by atoms with Crippen LogP contribution in [0.3, 0.4) is 0 Å². The number of hydrogen-bond donors (Lipinski definition) is 0. The number of likely N-dealkylation sites (tertiary alicyclic amines) is 1. The van der Waals surface area contributed by atoms with Crippen LogP contribution in [-0.4, -0.2) is 62.2 Å². The Morgan fingerprint density at radius 1 is 1.19 bits per heavy atom. The zero-order valence-corrected chi connectivity index (χ0v) is 20.3. The van der Waals surface area contributed by atoms with E-state index in [2.05, 4.69) is 24.8 Å². The number of para-hydroxylation sites is 1. The van der Waals surface area contributed by atoms with Gasteiger partial charge in [-0.3, -0.25) is 4.90 Å². The summed E-state index contributed by atoms with van der Waals surface area (Å²) in [5, 5.41) is 0.821. The Balaban J connectivity index is 1.79. The second kappa shape index (κ2) is 9.17. The molecule has 1 amide bonds. The van der Waals surface area contributed by atoms with Crippen molar-refractivity contribution in [2.45, 2.75) is 38.8 Å². The van der Waals surface area contributed by atoms with Gasteiger partial charge in [-0.25, -0.2) is 4.79 Å². The minimum absolute atomic E-state index is 0.0145. The first-order valence-corrected chi connectivity index (χ1v) is 11.9. The molecule has 32 heavy (non-hydrogen) atoms. The predicted molar refractivity (Wildman–Crippen MR) is 131 cm³/mol. The molecule has 170 valence electrons. The molecule has 2 heterocycles. The first-order valence-electron chi connectivity index (χ1n) is 11.1. The van der Waals surface area contributed by atoms with E-state index in [1.165, 1.54) is 0 Å². The fraction of sp³-hybridized carbons (Fsp3) is 0.440. The van der Waals surface area contributed by atoms with Gasteiger partial charge in [-0.05, 0) is 57.5 Å². The van der Waals surface area contributed by atoms with Crippen LogP contribution in [0.5, 0.6) is 11.5 Å². The molecule has 0 N–H and O–H groups in total. The van der Waals surface area contributed by atoms with Crippen molar-refractivity contribution in [2.75, 3.05) is 34.4 Å². The number of methoxy groups -OCH3 is 2. The van der Waals surface area contributed by atoms with E-state index in [9.17, 15) is 4.79 Å². The monoisotopic (exact) mass is 454 g/mol. The van der Waals surface area contributed by atoms with Gasteiger partial charge in [-0.15, -0.1) is 0 Å². The topological polar surface area (TPSA) is 51.7 Å². The van der Waals surface area contributed by atoms with Gasteiger partial charge in [0.25, 0.3) is 5.13 Å². The summed E-state index contributed by atoms with van der Waals surface area (Å²) in [4.78, 5) is 21.5. The molecule has 0 saturated carbocycles. The summed E-state index contributed by atoms with van der Waals surface area (Å²) in [6.45, 7) is 6.23. The zero-order valence-electron chi connectivity index (χ0n) is 19.5. The third-order valence-corrected chi connectivity index (χ3v) is 7.69. The molecule has 3 aromatic rings. The SMILES string of the molecule is COc1ccc(C(=O)[N+](C)(C[C@@H]2CCCN2C(C)C)c2nc3ccccc3s2)cc1OC. The molecule has 4 rings (SSSR count). The molecule has 6 nitrogen and oxygen atoms in total. The van der Waals surface area contributed by atoms with Gasteiger partial charge in [0.1, 0.15) is 6.54 Å². The van der Waals surface area contributed by atoms with Gasteiger partial charge in [0.15, 0.2) is 11.5 Å². The lowest BCUT2D eigenvalue weighted by Gasteiger charge is -2.35. The fourth-order valence-corrected chi connectivity index (χ4v) is 5.79. The quantitative estimate of drug-likeness (QED) is 0.472. The minimum Gasteiger partial charge on any atom is -0.493 e. The van der Waals surface area contributed by atoms with Gasteiger partial charge in [0.05, 0.1) is 43.1 Å². The predicted octanol–water partition coefficient (Wildman–Crippen LogP) is 4.96. The second-order valence-corrected chi connectivity index (χ2v) is 9.85. The summed E-state index contributed by atoms with van der Waals surface area (Å²) in [5.74, 6) is 1.18. The van der Waals surface area contributed by atoms with Crippen LogP contribution in [-0.2, 0) is 0 Å². The van der Waals surface area contributed by atoms with Gasteiger partial charge < -0.3 is 9.47 Å². The lowest BCUT2D eigenvalue weighted by molar-refractivity contribution is 0.0744. The number of carbonyl (C=O) groups excluding carboxylic acids is 1. The molecule has 1 fully saturated rings. The van der Waals surface area contributed by atoms with Crippen LogP contribution in [0.25, 0.3) is 10.2 Å². The first-order chi connectivity index (χ1) is 15.4. The zero-order chi connectivity index (χ0) is 22.9. The van der Waals surface area contributed by atoms with E-state index < -0.39 is 0 Å². The van der Waals surface area contributed by atoms with E-state index in [-0.39, 0.29) is 10.4 Å². The van der Waals surface area contributed by atoms with Crippen molar-refractivity contribution < 1.29 is 14.3 Å². The molecule has 0 spiro atoms. The number of rotatable bonds is 7. The van der Waals surface area contributed by atoms with E-state index in [1.807, 2.05) is 31.3 Å². The van der Waals surface area contributed by atoms with E-state index in [0.717, 1.165) is 34.7 Å². The van der Waals surface area contributed by atoms with Gasteiger partial charge in [0, 0.05) is 12.1 Å². The molecule has 2 atom stereocenters. The van der Waals surface area contributed by atoms with Gasteiger partial charge in [-0.1, -0.05) is 23.5 Å². The van der Waals surface area contributed by atoms with Crippen molar-refractivity contribution in [1.29, 1.82) is 0 Å². The molecule has 0 bridgehead atoms. The molecule has 1 aromatic heterocycles. The summed E-state index contributed by atoms with van der Waals surface area (Å²) < 4.78 is 12.1. The number of amides is 1. The molecule has 1 unspecified atom stereocenters. The smallest absolute Gasteiger partial charge is 0.352 e. The summed E-state index contributed by atoms with van der Waals surface area (Å²) in [6, 6.07) is 14.3. The number of ether oxygens (including phenoxy) is 2. The van der Waals surface area contributed by atoms with E-state index in [4.69, 9.17) is 14.5 Å². The van der Waals surface area contributed by atoms with Crippen LogP contribution in [0, 0.1) is 0 Å². The number of hydrogen-bond acceptors (Lipinski definition) is 6. The highest BCUT2D eigenvalue weighted by Gasteiger charge is 2.44. The normalized spacial score (nSPS) is 18.8. The first kappa shape index (κ1) is 22.7. The van der Waals surface area contributed by atoms with Crippen LogP contribution >= 0.6 is 11.3 Å². The molecule has 0 aliphatic carbocycles. The van der Waals surface area contributed by atoms with Crippen molar-refractivity contribution >= 4 is 32.6 Å². The lowest BCUT2D eigenvalue weighted by Crippen LogP contribution is -2.57. The molecule has 0 radical (unpaired) electrons. The summed E-state index contributed by atoms with van der Waals surface area (Å²) >= 11 is 1.60. The van der Waals surface area contributed by atoms with Crippen molar-refractivity contribution in [3.8, 4) is 11.5 Å². The standard InChI is InChI=1S/C25H32N3O3S/c1-17(2)27-14-8-9-19(27)16-28(3,25-26-20-10-6-7-11-23(20)32-25)24(29)18-12-13-21(30-4)22(15-18)31-5/h6-7,10-13,15,17,19H,8-9,14,16H2,1-5H3/q+1/t19-,28?/m0/s1. The molecule has 2 aromatic carbocycles. The molecule has 1 aliphatic rings. The average molecular weight is 455 g/mol. The fourth-order valence-electron chi connectivity index (χ4n) is 4.73. The van der Waals surface area contributed by atoms with Crippen LogP contribution in [0.15, 0.2) is 42.5 Å². The van der Waals surface area contributed by atoms with E-state index in [0.29, 0.717) is 35.7 Å². The number of thiazole rings is 1. The Hall–Kier alpha value is -2.48. The third kappa shape index (κ3) is 4.12. The van der Waals surface area contributed by atoms with E-state index in [1.54, 1.807) is 37.7 Å². The second-order valence-electron chi connectivity index (χ2n) is 8.84. The van der Waals surface area contributed by atoms with Gasteiger partial charge >= 0.3 is 5.91 Å². The Kier molecular flexibility index (Phi) is 6.51. The Labute approximate surface area is 194 Å². The maximum atomic E-state index is 14.1. The Bertz CT molecular complexity index is 1080. The number of likely N-dealkylation sites (N-methyl/N-ethyl adjacent to an activating group) is 1. The lowest BCUT2D eigenvalue weighted by atomic mass is 10.1. The number of quaternary nitrogens is 1. The Morgan fingerprint density at radius 2 is 1.94 bits per heavy atom.